The Balaban J connectivity index is 2.22. The molecule has 2 heterocycles. The molecule has 0 aliphatic rings. The molecule has 0 bridgehead atoms. The molecule has 0 radical (unpaired) electrons. The van der Waals surface area contributed by atoms with Gasteiger partial charge in [-0.05, 0) is 24.3 Å². The Morgan fingerprint density at radius 2 is 1.88 bits per heavy atom. The van der Waals surface area contributed by atoms with Gasteiger partial charge in [0.05, 0.1) is 5.56 Å². The van der Waals surface area contributed by atoms with Gasteiger partial charge >= 0.3 is 0 Å². The van der Waals surface area contributed by atoms with E-state index in [2.05, 4.69) is 9.97 Å². The topological polar surface area (TPSA) is 38.9 Å². The summed E-state index contributed by atoms with van der Waals surface area (Å²) in [6, 6.07) is 9.56. The summed E-state index contributed by atoms with van der Waals surface area (Å²) in [5.74, 6) is -0.182. The third-order valence-electron chi connectivity index (χ3n) is 2.33. The lowest BCUT2D eigenvalue weighted by Crippen LogP contribution is -1.82. The molecule has 0 aliphatic heterocycles. The van der Waals surface area contributed by atoms with Crippen molar-refractivity contribution >= 4 is 22.8 Å². The van der Waals surface area contributed by atoms with E-state index in [1.165, 1.54) is 6.07 Å². The molecule has 0 fully saturated rings. The zero-order valence-corrected chi connectivity index (χ0v) is 9.28. The van der Waals surface area contributed by atoms with E-state index in [0.717, 1.165) is 0 Å². The van der Waals surface area contributed by atoms with Crippen molar-refractivity contribution in [2.45, 2.75) is 0 Å². The highest BCUT2D eigenvalue weighted by atomic mass is 35.5. The minimum Gasteiger partial charge on any atom is -0.418 e. The summed E-state index contributed by atoms with van der Waals surface area (Å²) >= 11 is 5.73. The molecule has 0 saturated carbocycles. The number of benzene rings is 1. The normalized spacial score (nSPS) is 10.9. The summed E-state index contributed by atoms with van der Waals surface area (Å²) in [5, 5.41) is 0.314. The van der Waals surface area contributed by atoms with Gasteiger partial charge in [-0.2, -0.15) is 4.98 Å². The number of oxazole rings is 1. The third kappa shape index (κ3) is 1.76. The molecule has 0 aliphatic carbocycles. The molecule has 3 rings (SSSR count). The van der Waals surface area contributed by atoms with Crippen LogP contribution in [0.2, 0.25) is 5.15 Å². The lowest BCUT2D eigenvalue weighted by Gasteiger charge is -1.95. The fourth-order valence-corrected chi connectivity index (χ4v) is 1.68. The summed E-state index contributed by atoms with van der Waals surface area (Å²) in [6.07, 6.45) is 0. The Morgan fingerprint density at radius 1 is 1.06 bits per heavy atom. The molecule has 3 aromatic rings. The van der Waals surface area contributed by atoms with Crippen LogP contribution in [0, 0.1) is 5.82 Å². The molecule has 84 valence electrons. The number of halogens is 2. The van der Waals surface area contributed by atoms with Crippen molar-refractivity contribution in [1.29, 1.82) is 0 Å². The SMILES string of the molecule is Fc1ccccc1-c1nc2ccc(Cl)nc2o1. The van der Waals surface area contributed by atoms with Gasteiger partial charge in [-0.15, -0.1) is 0 Å². The molecule has 0 N–H and O–H groups in total. The predicted octanol–water partition coefficient (Wildman–Crippen LogP) is 3.68. The number of rotatable bonds is 1. The van der Waals surface area contributed by atoms with Crippen LogP contribution in [0.1, 0.15) is 0 Å². The minimum absolute atomic E-state index is 0.202. The van der Waals surface area contributed by atoms with Gasteiger partial charge in [0.25, 0.3) is 0 Å². The first-order valence-corrected chi connectivity index (χ1v) is 5.30. The van der Waals surface area contributed by atoms with Gasteiger partial charge < -0.3 is 4.42 Å². The summed E-state index contributed by atoms with van der Waals surface area (Å²) in [4.78, 5) is 8.12. The number of nitrogens with zero attached hydrogens (tertiary/aromatic N) is 2. The van der Waals surface area contributed by atoms with Crippen molar-refractivity contribution in [3.63, 3.8) is 0 Å². The minimum atomic E-state index is -0.384. The second-order valence-electron chi connectivity index (χ2n) is 3.46. The molecule has 1 aromatic carbocycles. The van der Waals surface area contributed by atoms with Crippen LogP contribution >= 0.6 is 11.6 Å². The molecule has 0 unspecified atom stereocenters. The average Bonchev–Trinajstić information content (AvgIpc) is 2.72. The molecule has 3 nitrogen and oxygen atoms in total. The molecule has 0 saturated heterocycles. The van der Waals surface area contributed by atoms with Crippen LogP contribution in [0.3, 0.4) is 0 Å². The van der Waals surface area contributed by atoms with E-state index in [0.29, 0.717) is 21.9 Å². The number of aromatic nitrogens is 2. The fourth-order valence-electron chi connectivity index (χ4n) is 1.54. The number of hydrogen-bond acceptors (Lipinski definition) is 3. The van der Waals surface area contributed by atoms with Gasteiger partial charge in [0.15, 0.2) is 0 Å². The molecule has 0 spiro atoms. The maximum Gasteiger partial charge on any atom is 0.248 e. The fraction of sp³-hybridized carbons (Fsp3) is 0. The van der Waals surface area contributed by atoms with Crippen LogP contribution in [0.15, 0.2) is 40.8 Å². The zero-order valence-electron chi connectivity index (χ0n) is 8.52. The van der Waals surface area contributed by atoms with Crippen LogP contribution in [-0.4, -0.2) is 9.97 Å². The van der Waals surface area contributed by atoms with Crippen molar-refractivity contribution in [1.82, 2.24) is 9.97 Å². The number of pyridine rings is 1. The zero-order chi connectivity index (χ0) is 11.8. The van der Waals surface area contributed by atoms with E-state index in [4.69, 9.17) is 16.0 Å². The highest BCUT2D eigenvalue weighted by molar-refractivity contribution is 6.29. The second-order valence-corrected chi connectivity index (χ2v) is 3.84. The Bertz CT molecular complexity index is 696. The van der Waals surface area contributed by atoms with Crippen LogP contribution in [0.5, 0.6) is 0 Å². The Labute approximate surface area is 101 Å². The van der Waals surface area contributed by atoms with Crippen LogP contribution in [-0.2, 0) is 0 Å². The first-order valence-electron chi connectivity index (χ1n) is 4.92. The van der Waals surface area contributed by atoms with Crippen molar-refractivity contribution in [3.05, 3.63) is 47.4 Å². The Morgan fingerprint density at radius 3 is 2.71 bits per heavy atom. The van der Waals surface area contributed by atoms with Crippen LogP contribution in [0.25, 0.3) is 22.7 Å². The second kappa shape index (κ2) is 3.82. The van der Waals surface area contributed by atoms with E-state index in [1.807, 2.05) is 0 Å². The average molecular weight is 249 g/mol. The maximum atomic E-state index is 13.5. The van der Waals surface area contributed by atoms with Gasteiger partial charge in [0, 0.05) is 0 Å². The monoisotopic (exact) mass is 248 g/mol. The number of fused-ring (bicyclic) bond motifs is 1. The number of hydrogen-bond donors (Lipinski definition) is 0. The summed E-state index contributed by atoms with van der Waals surface area (Å²) in [7, 11) is 0. The van der Waals surface area contributed by atoms with Gasteiger partial charge in [-0.3, -0.25) is 0 Å². The third-order valence-corrected chi connectivity index (χ3v) is 2.54. The van der Waals surface area contributed by atoms with E-state index >= 15 is 0 Å². The highest BCUT2D eigenvalue weighted by Gasteiger charge is 2.12. The molecular weight excluding hydrogens is 243 g/mol. The highest BCUT2D eigenvalue weighted by Crippen LogP contribution is 2.25. The van der Waals surface area contributed by atoms with E-state index in [9.17, 15) is 4.39 Å². The molecule has 0 atom stereocenters. The van der Waals surface area contributed by atoms with Crippen molar-refractivity contribution < 1.29 is 8.81 Å². The molecule has 17 heavy (non-hydrogen) atoms. The first-order chi connectivity index (χ1) is 8.24. The quantitative estimate of drug-likeness (QED) is 0.617. The Hall–Kier alpha value is -1.94. The Kier molecular flexibility index (Phi) is 2.30. The van der Waals surface area contributed by atoms with Gasteiger partial charge in [0.1, 0.15) is 16.5 Å². The lowest BCUT2D eigenvalue weighted by atomic mass is 10.2. The lowest BCUT2D eigenvalue weighted by molar-refractivity contribution is 0.587. The van der Waals surface area contributed by atoms with Crippen LogP contribution in [0.4, 0.5) is 4.39 Å². The van der Waals surface area contributed by atoms with E-state index in [-0.39, 0.29) is 11.7 Å². The summed E-state index contributed by atoms with van der Waals surface area (Å²) in [6.45, 7) is 0. The predicted molar refractivity (Wildman–Crippen MR) is 62.2 cm³/mol. The first kappa shape index (κ1) is 10.2. The smallest absolute Gasteiger partial charge is 0.248 e. The van der Waals surface area contributed by atoms with Gasteiger partial charge in [0.2, 0.25) is 11.6 Å². The van der Waals surface area contributed by atoms with Crippen molar-refractivity contribution in [3.8, 4) is 11.5 Å². The molecule has 5 heteroatoms. The van der Waals surface area contributed by atoms with Crippen LogP contribution < -0.4 is 0 Å². The molecule has 2 aromatic heterocycles. The van der Waals surface area contributed by atoms with Crippen molar-refractivity contribution in [2.75, 3.05) is 0 Å². The van der Waals surface area contributed by atoms with Crippen molar-refractivity contribution in [2.24, 2.45) is 0 Å². The van der Waals surface area contributed by atoms with E-state index in [1.54, 1.807) is 30.3 Å². The summed E-state index contributed by atoms with van der Waals surface area (Å²) in [5.41, 5.74) is 1.16. The van der Waals surface area contributed by atoms with Gasteiger partial charge in [-0.1, -0.05) is 23.7 Å². The van der Waals surface area contributed by atoms with Gasteiger partial charge in [-0.25, -0.2) is 9.37 Å². The molecular formula is C12H6ClFN2O. The standard InChI is InChI=1S/C12H6ClFN2O/c13-10-6-5-9-12(16-10)17-11(15-9)7-3-1-2-4-8(7)14/h1-6H. The molecule has 0 amide bonds. The van der Waals surface area contributed by atoms with E-state index < -0.39 is 0 Å². The maximum absolute atomic E-state index is 13.5. The summed E-state index contributed by atoms with van der Waals surface area (Å²) < 4.78 is 18.9. The largest absolute Gasteiger partial charge is 0.418 e.